The number of aliphatic hydroxyl groups is 1. The van der Waals surface area contributed by atoms with Gasteiger partial charge >= 0.3 is 5.97 Å². The molecule has 2 atom stereocenters. The number of hydrogen-bond acceptors (Lipinski definition) is 3. The Labute approximate surface area is 102 Å². The van der Waals surface area contributed by atoms with Crippen LogP contribution in [0.2, 0.25) is 0 Å². The van der Waals surface area contributed by atoms with Gasteiger partial charge in [0.15, 0.2) is 0 Å². The number of nitrogens with one attached hydrogen (secondary N) is 1. The van der Waals surface area contributed by atoms with Gasteiger partial charge < -0.3 is 15.5 Å². The minimum absolute atomic E-state index is 0.165. The van der Waals surface area contributed by atoms with E-state index in [9.17, 15) is 14.7 Å². The molecule has 0 unspecified atom stereocenters. The smallest absolute Gasteiger partial charge is 0.326 e. The van der Waals surface area contributed by atoms with Crippen molar-refractivity contribution in [3.05, 3.63) is 0 Å². The summed E-state index contributed by atoms with van der Waals surface area (Å²) in [5, 5.41) is 20.9. The fourth-order valence-corrected chi connectivity index (χ4v) is 1.51. The predicted octanol–water partition coefficient (Wildman–Crippen LogP) is 1.01. The summed E-state index contributed by atoms with van der Waals surface area (Å²) in [5.74, 6) is -1.32. The Morgan fingerprint density at radius 1 is 1.06 bits per heavy atom. The fraction of sp³-hybridized carbons (Fsp3) is 0.833. The molecule has 0 saturated carbocycles. The van der Waals surface area contributed by atoms with Gasteiger partial charge in [0.25, 0.3) is 0 Å². The minimum atomic E-state index is -1.14. The van der Waals surface area contributed by atoms with Crippen molar-refractivity contribution in [2.75, 3.05) is 0 Å². The SMILES string of the molecule is CC(C)C[C@H](O)C(=O)N[C@H](CC(C)C)C(=O)O. The van der Waals surface area contributed by atoms with Gasteiger partial charge in [-0.2, -0.15) is 0 Å². The van der Waals surface area contributed by atoms with Crippen LogP contribution in [0, 0.1) is 11.8 Å². The first-order chi connectivity index (χ1) is 7.73. The summed E-state index contributed by atoms with van der Waals surface area (Å²) in [6.07, 6.45) is -0.445. The Kier molecular flexibility index (Phi) is 6.80. The minimum Gasteiger partial charge on any atom is -0.480 e. The van der Waals surface area contributed by atoms with Gasteiger partial charge in [-0.05, 0) is 24.7 Å². The molecule has 0 fully saturated rings. The van der Waals surface area contributed by atoms with E-state index in [0.29, 0.717) is 12.8 Å². The molecule has 0 radical (unpaired) electrons. The number of hydrogen-bond donors (Lipinski definition) is 3. The number of carboxylic acids is 1. The van der Waals surface area contributed by atoms with Gasteiger partial charge in [-0.3, -0.25) is 4.79 Å². The van der Waals surface area contributed by atoms with E-state index in [1.165, 1.54) is 0 Å². The molecule has 17 heavy (non-hydrogen) atoms. The number of rotatable bonds is 7. The second-order valence-corrected chi connectivity index (χ2v) is 5.17. The zero-order valence-electron chi connectivity index (χ0n) is 10.9. The molecule has 0 aliphatic heterocycles. The largest absolute Gasteiger partial charge is 0.480 e. The van der Waals surface area contributed by atoms with Gasteiger partial charge in [0.1, 0.15) is 12.1 Å². The summed E-state index contributed by atoms with van der Waals surface area (Å²) in [7, 11) is 0. The van der Waals surface area contributed by atoms with Crippen LogP contribution in [-0.4, -0.2) is 34.2 Å². The summed E-state index contributed by atoms with van der Waals surface area (Å²) in [6, 6.07) is -0.927. The zero-order chi connectivity index (χ0) is 13.6. The first-order valence-corrected chi connectivity index (χ1v) is 5.95. The standard InChI is InChI=1S/C12H23NO4/c1-7(2)5-9(12(16)17)13-11(15)10(14)6-8(3)4/h7-10,14H,5-6H2,1-4H3,(H,13,15)(H,16,17)/t9-,10+/m1/s1. The van der Waals surface area contributed by atoms with Crippen LogP contribution in [0.15, 0.2) is 0 Å². The van der Waals surface area contributed by atoms with Crippen molar-refractivity contribution < 1.29 is 19.8 Å². The normalized spacial score (nSPS) is 14.8. The van der Waals surface area contributed by atoms with Crippen molar-refractivity contribution in [3.8, 4) is 0 Å². The lowest BCUT2D eigenvalue weighted by molar-refractivity contribution is -0.144. The molecular weight excluding hydrogens is 222 g/mol. The molecule has 0 bridgehead atoms. The lowest BCUT2D eigenvalue weighted by Crippen LogP contribution is -2.46. The molecule has 0 aromatic rings. The topological polar surface area (TPSA) is 86.6 Å². The highest BCUT2D eigenvalue weighted by Gasteiger charge is 2.24. The highest BCUT2D eigenvalue weighted by Crippen LogP contribution is 2.08. The lowest BCUT2D eigenvalue weighted by Gasteiger charge is -2.19. The molecule has 100 valence electrons. The summed E-state index contributed by atoms with van der Waals surface area (Å²) in [6.45, 7) is 7.54. The van der Waals surface area contributed by atoms with Crippen molar-refractivity contribution in [2.24, 2.45) is 11.8 Å². The van der Waals surface area contributed by atoms with Gasteiger partial charge in [0.05, 0.1) is 0 Å². The van der Waals surface area contributed by atoms with Crippen LogP contribution in [-0.2, 0) is 9.59 Å². The maximum absolute atomic E-state index is 11.6. The molecule has 0 spiro atoms. The predicted molar refractivity (Wildman–Crippen MR) is 64.5 cm³/mol. The molecule has 0 aromatic carbocycles. The van der Waals surface area contributed by atoms with Crippen molar-refractivity contribution in [3.63, 3.8) is 0 Å². The van der Waals surface area contributed by atoms with Crippen LogP contribution in [0.1, 0.15) is 40.5 Å². The molecule has 5 heteroatoms. The lowest BCUT2D eigenvalue weighted by atomic mass is 10.0. The van der Waals surface area contributed by atoms with E-state index in [-0.39, 0.29) is 11.8 Å². The maximum Gasteiger partial charge on any atom is 0.326 e. The Morgan fingerprint density at radius 2 is 1.53 bits per heavy atom. The van der Waals surface area contributed by atoms with Gasteiger partial charge in [-0.1, -0.05) is 27.7 Å². The molecule has 0 aliphatic carbocycles. The number of carbonyl (C=O) groups is 2. The monoisotopic (exact) mass is 245 g/mol. The summed E-state index contributed by atoms with van der Waals surface area (Å²) in [4.78, 5) is 22.5. The van der Waals surface area contributed by atoms with Crippen molar-refractivity contribution in [1.29, 1.82) is 0 Å². The van der Waals surface area contributed by atoms with Crippen molar-refractivity contribution >= 4 is 11.9 Å². The Bertz CT molecular complexity index is 263. The van der Waals surface area contributed by atoms with Gasteiger partial charge in [-0.15, -0.1) is 0 Å². The zero-order valence-corrected chi connectivity index (χ0v) is 10.9. The quantitative estimate of drug-likeness (QED) is 0.624. The second kappa shape index (κ2) is 7.27. The molecule has 3 N–H and O–H groups in total. The maximum atomic E-state index is 11.6. The molecule has 5 nitrogen and oxygen atoms in total. The van der Waals surface area contributed by atoms with Crippen LogP contribution in [0.25, 0.3) is 0 Å². The highest BCUT2D eigenvalue weighted by molar-refractivity contribution is 5.86. The van der Waals surface area contributed by atoms with Crippen LogP contribution >= 0.6 is 0 Å². The number of amides is 1. The number of aliphatic hydroxyl groups excluding tert-OH is 1. The van der Waals surface area contributed by atoms with Crippen LogP contribution in [0.5, 0.6) is 0 Å². The van der Waals surface area contributed by atoms with Crippen LogP contribution < -0.4 is 5.32 Å². The number of carbonyl (C=O) groups excluding carboxylic acids is 1. The molecule has 1 amide bonds. The van der Waals surface area contributed by atoms with Gasteiger partial charge in [0.2, 0.25) is 5.91 Å². The van der Waals surface area contributed by atoms with Gasteiger partial charge in [0, 0.05) is 0 Å². The Balaban J connectivity index is 4.35. The fourth-order valence-electron chi connectivity index (χ4n) is 1.51. The summed E-state index contributed by atoms with van der Waals surface area (Å²) in [5.41, 5.74) is 0. The third kappa shape index (κ3) is 6.94. The molecule has 0 aliphatic rings. The highest BCUT2D eigenvalue weighted by atomic mass is 16.4. The Hall–Kier alpha value is -1.10. The molecule has 0 aromatic heterocycles. The van der Waals surface area contributed by atoms with Crippen molar-refractivity contribution in [1.82, 2.24) is 5.32 Å². The van der Waals surface area contributed by atoms with E-state index >= 15 is 0 Å². The average molecular weight is 245 g/mol. The van der Waals surface area contributed by atoms with E-state index in [4.69, 9.17) is 5.11 Å². The van der Waals surface area contributed by atoms with Gasteiger partial charge in [-0.25, -0.2) is 4.79 Å². The second-order valence-electron chi connectivity index (χ2n) is 5.17. The first kappa shape index (κ1) is 15.9. The molecule has 0 rings (SSSR count). The van der Waals surface area contributed by atoms with Crippen LogP contribution in [0.3, 0.4) is 0 Å². The third-order valence-corrected chi connectivity index (χ3v) is 2.32. The van der Waals surface area contributed by atoms with E-state index in [0.717, 1.165) is 0 Å². The van der Waals surface area contributed by atoms with Crippen molar-refractivity contribution in [2.45, 2.75) is 52.7 Å². The molecule has 0 saturated heterocycles. The number of carboxylic acid groups (broad SMARTS) is 1. The Morgan fingerprint density at radius 3 is 1.88 bits per heavy atom. The molecular formula is C12H23NO4. The third-order valence-electron chi connectivity index (χ3n) is 2.32. The van der Waals surface area contributed by atoms with E-state index in [2.05, 4.69) is 5.32 Å². The summed E-state index contributed by atoms with van der Waals surface area (Å²) < 4.78 is 0. The number of aliphatic carboxylic acids is 1. The average Bonchev–Trinajstić information content (AvgIpc) is 2.14. The first-order valence-electron chi connectivity index (χ1n) is 5.95. The van der Waals surface area contributed by atoms with Crippen LogP contribution in [0.4, 0.5) is 0 Å². The van der Waals surface area contributed by atoms with E-state index < -0.39 is 24.0 Å². The van der Waals surface area contributed by atoms with E-state index in [1.54, 1.807) is 0 Å². The van der Waals surface area contributed by atoms with E-state index in [1.807, 2.05) is 27.7 Å². The molecule has 0 heterocycles. The summed E-state index contributed by atoms with van der Waals surface area (Å²) >= 11 is 0.